The Bertz CT molecular complexity index is 276. The first-order valence-electron chi connectivity index (χ1n) is 4.92. The van der Waals surface area contributed by atoms with Crippen LogP contribution in [0.3, 0.4) is 0 Å². The molecule has 1 aromatic rings. The van der Waals surface area contributed by atoms with Gasteiger partial charge in [0, 0.05) is 17.2 Å². The maximum absolute atomic E-state index is 9.04. The Morgan fingerprint density at radius 2 is 1.93 bits per heavy atom. The molecule has 1 rings (SSSR count). The van der Waals surface area contributed by atoms with Crippen LogP contribution in [0.5, 0.6) is 0 Å². The fourth-order valence-corrected chi connectivity index (χ4v) is 1.70. The first-order valence-corrected chi connectivity index (χ1v) is 6.15. The van der Waals surface area contributed by atoms with Crippen LogP contribution in [-0.4, -0.2) is 35.7 Å². The van der Waals surface area contributed by atoms with E-state index in [2.05, 4.69) is 5.32 Å². The lowest BCUT2D eigenvalue weighted by Gasteiger charge is -2.16. The highest BCUT2D eigenvalue weighted by atomic mass is 32.2. The lowest BCUT2D eigenvalue weighted by molar-refractivity contribution is 0.229. The van der Waals surface area contributed by atoms with Gasteiger partial charge in [0.15, 0.2) is 0 Å². The van der Waals surface area contributed by atoms with E-state index in [-0.39, 0.29) is 19.3 Å². The number of hydrogen-bond acceptors (Lipinski definition) is 4. The third kappa shape index (κ3) is 4.11. The normalized spacial score (nSPS) is 12.5. The van der Waals surface area contributed by atoms with Crippen molar-refractivity contribution in [3.8, 4) is 0 Å². The molecule has 1 atom stereocenters. The molecule has 15 heavy (non-hydrogen) atoms. The molecular formula is C11H17NO2S. The summed E-state index contributed by atoms with van der Waals surface area (Å²) in [6.45, 7) is 0.117. The number of anilines is 1. The van der Waals surface area contributed by atoms with Gasteiger partial charge in [0.1, 0.15) is 0 Å². The predicted molar refractivity (Wildman–Crippen MR) is 64.4 cm³/mol. The van der Waals surface area contributed by atoms with Gasteiger partial charge >= 0.3 is 0 Å². The highest BCUT2D eigenvalue weighted by molar-refractivity contribution is 7.98. The summed E-state index contributed by atoms with van der Waals surface area (Å²) in [6, 6.07) is 7.94. The van der Waals surface area contributed by atoms with Crippen molar-refractivity contribution in [1.29, 1.82) is 0 Å². The van der Waals surface area contributed by atoms with E-state index in [1.807, 2.05) is 30.5 Å². The summed E-state index contributed by atoms with van der Waals surface area (Å²) in [7, 11) is 0. The summed E-state index contributed by atoms with van der Waals surface area (Å²) in [5.74, 6) is 0. The minimum absolute atomic E-state index is 0.0326. The monoisotopic (exact) mass is 227 g/mol. The fourth-order valence-electron chi connectivity index (χ4n) is 1.29. The first-order chi connectivity index (χ1) is 7.30. The summed E-state index contributed by atoms with van der Waals surface area (Å²) in [6.07, 6.45) is 2.59. The molecule has 0 fully saturated rings. The van der Waals surface area contributed by atoms with Crippen molar-refractivity contribution >= 4 is 17.4 Å². The molecular weight excluding hydrogens is 210 g/mol. The Kier molecular flexibility index (Phi) is 5.53. The van der Waals surface area contributed by atoms with Crippen molar-refractivity contribution in [2.75, 3.05) is 24.8 Å². The van der Waals surface area contributed by atoms with E-state index in [1.165, 1.54) is 4.90 Å². The van der Waals surface area contributed by atoms with Gasteiger partial charge in [0.05, 0.1) is 12.6 Å². The summed E-state index contributed by atoms with van der Waals surface area (Å²) in [5.41, 5.74) is 0.973. The van der Waals surface area contributed by atoms with Crippen LogP contribution >= 0.6 is 11.8 Å². The zero-order chi connectivity index (χ0) is 11.1. The van der Waals surface area contributed by atoms with Crippen LogP contribution in [0.25, 0.3) is 0 Å². The largest absolute Gasteiger partial charge is 0.396 e. The van der Waals surface area contributed by atoms with E-state index in [0.717, 1.165) is 5.69 Å². The summed E-state index contributed by atoms with van der Waals surface area (Å²) < 4.78 is 0. The Morgan fingerprint density at radius 3 is 2.40 bits per heavy atom. The van der Waals surface area contributed by atoms with Gasteiger partial charge in [-0.05, 0) is 36.9 Å². The number of nitrogens with one attached hydrogen (secondary N) is 1. The number of thioether (sulfide) groups is 1. The Hall–Kier alpha value is -0.710. The van der Waals surface area contributed by atoms with E-state index in [9.17, 15) is 0 Å². The third-order valence-corrected chi connectivity index (χ3v) is 2.90. The summed E-state index contributed by atoms with van der Waals surface area (Å²) >= 11 is 1.70. The fraction of sp³-hybridized carbons (Fsp3) is 0.455. The molecule has 3 N–H and O–H groups in total. The minimum Gasteiger partial charge on any atom is -0.396 e. The van der Waals surface area contributed by atoms with Gasteiger partial charge in [-0.1, -0.05) is 0 Å². The van der Waals surface area contributed by atoms with Gasteiger partial charge in [0.25, 0.3) is 0 Å². The topological polar surface area (TPSA) is 52.5 Å². The lowest BCUT2D eigenvalue weighted by atomic mass is 10.2. The highest BCUT2D eigenvalue weighted by Crippen LogP contribution is 2.18. The van der Waals surface area contributed by atoms with Crippen LogP contribution in [0.15, 0.2) is 29.2 Å². The van der Waals surface area contributed by atoms with E-state index >= 15 is 0 Å². The van der Waals surface area contributed by atoms with Crippen LogP contribution in [0, 0.1) is 0 Å². The second-order valence-electron chi connectivity index (χ2n) is 3.26. The molecule has 0 radical (unpaired) electrons. The maximum Gasteiger partial charge on any atom is 0.0633 e. The second kappa shape index (κ2) is 6.71. The van der Waals surface area contributed by atoms with Crippen molar-refractivity contribution in [1.82, 2.24) is 0 Å². The van der Waals surface area contributed by atoms with E-state index in [0.29, 0.717) is 6.42 Å². The standard InChI is InChI=1S/C11H17NO2S/c1-15-11-4-2-9(3-5-11)12-10(8-14)6-7-13/h2-5,10,12-14H,6-8H2,1H3. The zero-order valence-corrected chi connectivity index (χ0v) is 9.63. The molecule has 0 amide bonds. The van der Waals surface area contributed by atoms with Crippen molar-refractivity contribution in [3.05, 3.63) is 24.3 Å². The molecule has 0 spiro atoms. The van der Waals surface area contributed by atoms with Gasteiger partial charge in [-0.25, -0.2) is 0 Å². The molecule has 84 valence electrons. The molecule has 0 heterocycles. The van der Waals surface area contributed by atoms with Gasteiger partial charge in [-0.3, -0.25) is 0 Å². The second-order valence-corrected chi connectivity index (χ2v) is 4.14. The Balaban J connectivity index is 2.55. The van der Waals surface area contributed by atoms with Crippen LogP contribution in [0.2, 0.25) is 0 Å². The van der Waals surface area contributed by atoms with Crippen LogP contribution < -0.4 is 5.32 Å². The van der Waals surface area contributed by atoms with Gasteiger partial charge in [-0.15, -0.1) is 11.8 Å². The molecule has 4 heteroatoms. The Labute approximate surface area is 94.5 Å². The number of aliphatic hydroxyl groups is 2. The molecule has 0 saturated carbocycles. The van der Waals surface area contributed by atoms with Crippen LogP contribution in [0.1, 0.15) is 6.42 Å². The average Bonchev–Trinajstić information content (AvgIpc) is 2.29. The summed E-state index contributed by atoms with van der Waals surface area (Å²) in [5, 5.41) is 21.0. The van der Waals surface area contributed by atoms with Crippen molar-refractivity contribution in [2.24, 2.45) is 0 Å². The number of rotatable bonds is 6. The molecule has 0 bridgehead atoms. The number of hydrogen-bond donors (Lipinski definition) is 3. The summed E-state index contributed by atoms with van der Waals surface area (Å²) in [4.78, 5) is 1.21. The predicted octanol–water partition coefficient (Wildman–Crippen LogP) is 1.56. The molecule has 0 aliphatic heterocycles. The van der Waals surface area contributed by atoms with Crippen molar-refractivity contribution in [2.45, 2.75) is 17.4 Å². The molecule has 0 aliphatic carbocycles. The molecule has 3 nitrogen and oxygen atoms in total. The number of aliphatic hydroxyl groups excluding tert-OH is 2. The molecule has 0 aromatic heterocycles. The minimum atomic E-state index is -0.0740. The molecule has 0 aliphatic rings. The Morgan fingerprint density at radius 1 is 1.27 bits per heavy atom. The lowest BCUT2D eigenvalue weighted by Crippen LogP contribution is -2.24. The van der Waals surface area contributed by atoms with Crippen molar-refractivity contribution in [3.63, 3.8) is 0 Å². The molecule has 0 saturated heterocycles. The van der Waals surface area contributed by atoms with Gasteiger partial charge < -0.3 is 15.5 Å². The highest BCUT2D eigenvalue weighted by Gasteiger charge is 2.05. The zero-order valence-electron chi connectivity index (χ0n) is 8.81. The van der Waals surface area contributed by atoms with Crippen LogP contribution in [0.4, 0.5) is 5.69 Å². The van der Waals surface area contributed by atoms with E-state index < -0.39 is 0 Å². The third-order valence-electron chi connectivity index (χ3n) is 2.16. The SMILES string of the molecule is CSc1ccc(NC(CO)CCO)cc1. The van der Waals surface area contributed by atoms with Crippen LogP contribution in [-0.2, 0) is 0 Å². The number of benzene rings is 1. The quantitative estimate of drug-likeness (QED) is 0.646. The van der Waals surface area contributed by atoms with Gasteiger partial charge in [0.2, 0.25) is 0 Å². The first kappa shape index (κ1) is 12.4. The van der Waals surface area contributed by atoms with Crippen molar-refractivity contribution < 1.29 is 10.2 Å². The van der Waals surface area contributed by atoms with E-state index in [1.54, 1.807) is 11.8 Å². The average molecular weight is 227 g/mol. The maximum atomic E-state index is 9.04. The van der Waals surface area contributed by atoms with E-state index in [4.69, 9.17) is 10.2 Å². The van der Waals surface area contributed by atoms with Gasteiger partial charge in [-0.2, -0.15) is 0 Å². The smallest absolute Gasteiger partial charge is 0.0633 e. The molecule has 1 aromatic carbocycles. The molecule has 1 unspecified atom stereocenters.